The van der Waals surface area contributed by atoms with Gasteiger partial charge in [0, 0.05) is 17.0 Å². The van der Waals surface area contributed by atoms with Crippen molar-refractivity contribution in [3.63, 3.8) is 0 Å². The van der Waals surface area contributed by atoms with Crippen LogP contribution in [0.3, 0.4) is 0 Å². The number of aryl methyl sites for hydroxylation is 2. The summed E-state index contributed by atoms with van der Waals surface area (Å²) in [5, 5.41) is 4.53. The van der Waals surface area contributed by atoms with E-state index >= 15 is 0 Å². The van der Waals surface area contributed by atoms with E-state index < -0.39 is 10.0 Å². The number of rotatable bonds is 4. The normalized spacial score (nSPS) is 15.6. The van der Waals surface area contributed by atoms with Crippen LogP contribution in [-0.2, 0) is 10.0 Å². The second-order valence-corrected chi connectivity index (χ2v) is 8.76. The van der Waals surface area contributed by atoms with Crippen molar-refractivity contribution < 1.29 is 12.9 Å². The molecule has 1 aromatic carbocycles. The Kier molecular flexibility index (Phi) is 4.39. The van der Waals surface area contributed by atoms with Crippen molar-refractivity contribution in [2.75, 3.05) is 5.73 Å². The SMILES string of the molecule is Cc1noc(C)c1-c1cc(S(=O)(=O)NC2CCCC2)c2ccc(N)nc2c1. The maximum atomic E-state index is 13.2. The summed E-state index contributed by atoms with van der Waals surface area (Å²) >= 11 is 0. The summed E-state index contributed by atoms with van der Waals surface area (Å²) in [5.74, 6) is 0.966. The largest absolute Gasteiger partial charge is 0.384 e. The van der Waals surface area contributed by atoms with E-state index in [2.05, 4.69) is 14.9 Å². The number of nitrogen functional groups attached to an aromatic ring is 1. The maximum absolute atomic E-state index is 13.2. The standard InChI is InChI=1S/C19H22N4O3S/c1-11-19(12(2)26-22-11)13-9-16-15(7-8-18(20)21-16)17(10-13)27(24,25)23-14-5-3-4-6-14/h7-10,14,23H,3-6H2,1-2H3,(H2,20,21). The van der Waals surface area contributed by atoms with Gasteiger partial charge in [0.1, 0.15) is 11.6 Å². The highest BCUT2D eigenvalue weighted by Crippen LogP contribution is 2.34. The first kappa shape index (κ1) is 17.9. The molecule has 0 spiro atoms. The molecular weight excluding hydrogens is 364 g/mol. The van der Waals surface area contributed by atoms with Gasteiger partial charge in [-0.25, -0.2) is 18.1 Å². The average Bonchev–Trinajstić information content (AvgIpc) is 3.22. The van der Waals surface area contributed by atoms with Gasteiger partial charge in [0.2, 0.25) is 10.0 Å². The molecular formula is C19H22N4O3S. The molecule has 3 aromatic rings. The molecule has 1 aliphatic rings. The Morgan fingerprint density at radius 3 is 2.59 bits per heavy atom. The Morgan fingerprint density at radius 1 is 1.19 bits per heavy atom. The van der Waals surface area contributed by atoms with Crippen molar-refractivity contribution in [2.45, 2.75) is 50.5 Å². The molecule has 2 heterocycles. The Hall–Kier alpha value is -2.45. The van der Waals surface area contributed by atoms with E-state index in [4.69, 9.17) is 10.3 Å². The Balaban J connectivity index is 1.93. The van der Waals surface area contributed by atoms with Crippen molar-refractivity contribution >= 4 is 26.7 Å². The van der Waals surface area contributed by atoms with Crippen molar-refractivity contribution in [3.05, 3.63) is 35.7 Å². The molecule has 1 fully saturated rings. The number of nitrogens with two attached hydrogens (primary N) is 1. The Bertz CT molecular complexity index is 1100. The van der Waals surface area contributed by atoms with Crippen LogP contribution in [0.15, 0.2) is 33.7 Å². The quantitative estimate of drug-likeness (QED) is 0.711. The highest BCUT2D eigenvalue weighted by atomic mass is 32.2. The van der Waals surface area contributed by atoms with Crippen LogP contribution in [-0.4, -0.2) is 24.6 Å². The zero-order chi connectivity index (χ0) is 19.2. The summed E-state index contributed by atoms with van der Waals surface area (Å²) in [6.07, 6.45) is 3.83. The van der Waals surface area contributed by atoms with Crippen LogP contribution in [0.1, 0.15) is 37.1 Å². The lowest BCUT2D eigenvalue weighted by Gasteiger charge is -2.15. The van der Waals surface area contributed by atoms with Gasteiger partial charge in [0.05, 0.1) is 16.1 Å². The molecule has 0 amide bonds. The Labute approximate surface area is 158 Å². The van der Waals surface area contributed by atoms with E-state index in [0.29, 0.717) is 33.7 Å². The molecule has 0 aliphatic heterocycles. The van der Waals surface area contributed by atoms with Gasteiger partial charge in [0.15, 0.2) is 0 Å². The van der Waals surface area contributed by atoms with E-state index in [-0.39, 0.29) is 10.9 Å². The van der Waals surface area contributed by atoms with Crippen LogP contribution in [0.5, 0.6) is 0 Å². The lowest BCUT2D eigenvalue weighted by Crippen LogP contribution is -2.32. The molecule has 27 heavy (non-hydrogen) atoms. The number of nitrogens with zero attached hydrogens (tertiary/aromatic N) is 2. The average molecular weight is 386 g/mol. The topological polar surface area (TPSA) is 111 Å². The monoisotopic (exact) mass is 386 g/mol. The summed E-state index contributed by atoms with van der Waals surface area (Å²) in [4.78, 5) is 4.55. The van der Waals surface area contributed by atoms with E-state index in [1.165, 1.54) is 0 Å². The fraction of sp³-hybridized carbons (Fsp3) is 0.368. The molecule has 0 bridgehead atoms. The molecule has 1 saturated carbocycles. The fourth-order valence-electron chi connectivity index (χ4n) is 3.81. The van der Waals surface area contributed by atoms with Crippen molar-refractivity contribution in [3.8, 4) is 11.1 Å². The molecule has 142 valence electrons. The smallest absolute Gasteiger partial charge is 0.241 e. The molecule has 7 nitrogen and oxygen atoms in total. The molecule has 2 aromatic heterocycles. The second kappa shape index (κ2) is 6.61. The predicted octanol–water partition coefficient (Wildman–Crippen LogP) is 3.31. The summed E-state index contributed by atoms with van der Waals surface area (Å²) in [7, 11) is -3.70. The lowest BCUT2D eigenvalue weighted by atomic mass is 10.0. The minimum Gasteiger partial charge on any atom is -0.384 e. The highest BCUT2D eigenvalue weighted by molar-refractivity contribution is 7.89. The third-order valence-corrected chi connectivity index (χ3v) is 6.64. The van der Waals surface area contributed by atoms with Gasteiger partial charge in [0.25, 0.3) is 0 Å². The molecule has 1 aliphatic carbocycles. The van der Waals surface area contributed by atoms with Gasteiger partial charge in [-0.1, -0.05) is 18.0 Å². The third-order valence-electron chi connectivity index (χ3n) is 5.08. The highest BCUT2D eigenvalue weighted by Gasteiger charge is 2.26. The zero-order valence-corrected chi connectivity index (χ0v) is 16.1. The number of pyridine rings is 1. The number of fused-ring (bicyclic) bond motifs is 1. The number of nitrogens with one attached hydrogen (secondary N) is 1. The summed E-state index contributed by atoms with van der Waals surface area (Å²) in [6, 6.07) is 6.80. The molecule has 4 rings (SSSR count). The van der Waals surface area contributed by atoms with Crippen LogP contribution in [0, 0.1) is 13.8 Å². The van der Waals surface area contributed by atoms with E-state index in [9.17, 15) is 8.42 Å². The van der Waals surface area contributed by atoms with Crippen LogP contribution in [0.2, 0.25) is 0 Å². The first-order valence-electron chi connectivity index (χ1n) is 9.01. The van der Waals surface area contributed by atoms with Gasteiger partial charge < -0.3 is 10.3 Å². The number of sulfonamides is 1. The third kappa shape index (κ3) is 3.30. The predicted molar refractivity (Wildman–Crippen MR) is 104 cm³/mol. The Morgan fingerprint density at radius 2 is 1.93 bits per heavy atom. The van der Waals surface area contributed by atoms with Crippen LogP contribution in [0.25, 0.3) is 22.0 Å². The summed E-state index contributed by atoms with van der Waals surface area (Å²) in [5.41, 5.74) is 8.53. The van der Waals surface area contributed by atoms with Gasteiger partial charge in [-0.2, -0.15) is 0 Å². The van der Waals surface area contributed by atoms with Gasteiger partial charge in [-0.05, 0) is 56.5 Å². The van der Waals surface area contributed by atoms with Gasteiger partial charge >= 0.3 is 0 Å². The van der Waals surface area contributed by atoms with Gasteiger partial charge in [-0.3, -0.25) is 0 Å². The maximum Gasteiger partial charge on any atom is 0.241 e. The number of benzene rings is 1. The van der Waals surface area contributed by atoms with Crippen LogP contribution in [0.4, 0.5) is 5.82 Å². The van der Waals surface area contributed by atoms with Crippen molar-refractivity contribution in [2.24, 2.45) is 0 Å². The van der Waals surface area contributed by atoms with Crippen LogP contribution < -0.4 is 10.5 Å². The summed E-state index contributed by atoms with van der Waals surface area (Å²) < 4.78 is 34.5. The minimum atomic E-state index is -3.70. The zero-order valence-electron chi connectivity index (χ0n) is 15.3. The molecule has 0 unspecified atom stereocenters. The van der Waals surface area contributed by atoms with Crippen molar-refractivity contribution in [1.82, 2.24) is 14.9 Å². The first-order chi connectivity index (χ1) is 12.8. The number of anilines is 1. The molecule has 0 saturated heterocycles. The van der Waals surface area contributed by atoms with E-state index in [1.54, 1.807) is 25.1 Å². The molecule has 3 N–H and O–H groups in total. The number of hydrogen-bond donors (Lipinski definition) is 2. The molecule has 0 radical (unpaired) electrons. The van der Waals surface area contributed by atoms with Crippen molar-refractivity contribution in [1.29, 1.82) is 0 Å². The second-order valence-electron chi connectivity index (χ2n) is 7.08. The molecule has 8 heteroatoms. The first-order valence-corrected chi connectivity index (χ1v) is 10.5. The summed E-state index contributed by atoms with van der Waals surface area (Å²) in [6.45, 7) is 3.63. The van der Waals surface area contributed by atoms with E-state index in [1.807, 2.05) is 13.0 Å². The molecule has 0 atom stereocenters. The number of hydrogen-bond acceptors (Lipinski definition) is 6. The number of aromatic nitrogens is 2. The van der Waals surface area contributed by atoms with Crippen LogP contribution >= 0.6 is 0 Å². The minimum absolute atomic E-state index is 0.0190. The van der Waals surface area contributed by atoms with E-state index in [0.717, 1.165) is 31.2 Å². The fourth-order valence-corrected chi connectivity index (χ4v) is 5.35. The lowest BCUT2D eigenvalue weighted by molar-refractivity contribution is 0.393. The van der Waals surface area contributed by atoms with Gasteiger partial charge in [-0.15, -0.1) is 0 Å².